The first-order chi connectivity index (χ1) is 12.8. The molecule has 27 heavy (non-hydrogen) atoms. The molecule has 0 aliphatic rings. The number of rotatable bonds is 8. The number of ether oxygens (including phenoxy) is 2. The van der Waals surface area contributed by atoms with Gasteiger partial charge in [0.1, 0.15) is 15.5 Å². The number of phenols is 1. The highest BCUT2D eigenvalue weighted by Gasteiger charge is 2.25. The number of carbonyl (C=O) groups excluding carboxylic acids is 2. The molecule has 0 saturated heterocycles. The quantitative estimate of drug-likeness (QED) is 0.549. The Kier molecular flexibility index (Phi) is 6.77. The lowest BCUT2D eigenvalue weighted by Crippen LogP contribution is -2.29. The number of phenolic OH excluding ortho intramolecular Hbond substituents is 1. The lowest BCUT2D eigenvalue weighted by molar-refractivity contribution is -0.151. The van der Waals surface area contributed by atoms with Crippen molar-refractivity contribution in [3.63, 3.8) is 0 Å². The van der Waals surface area contributed by atoms with Crippen LogP contribution in [0.2, 0.25) is 0 Å². The average Bonchev–Trinajstić information content (AvgIpc) is 3.16. The molecule has 1 aromatic carbocycles. The zero-order valence-electron chi connectivity index (χ0n) is 14.1. The molecule has 0 aliphatic carbocycles. The molecule has 0 saturated carbocycles. The van der Waals surface area contributed by atoms with Gasteiger partial charge in [0.15, 0.2) is 0 Å². The normalized spacial score (nSPS) is 12.2. The maximum atomic E-state index is 12.2. The van der Waals surface area contributed by atoms with Crippen molar-refractivity contribution in [1.82, 2.24) is 0 Å². The summed E-state index contributed by atoms with van der Waals surface area (Å²) >= 11 is 1.03. The Morgan fingerprint density at radius 3 is 2.59 bits per heavy atom. The first-order valence-electron chi connectivity index (χ1n) is 7.57. The predicted molar refractivity (Wildman–Crippen MR) is 96.2 cm³/mol. The van der Waals surface area contributed by atoms with Crippen molar-refractivity contribution in [2.45, 2.75) is 16.7 Å². The van der Waals surface area contributed by atoms with Gasteiger partial charge in [-0.3, -0.25) is 4.72 Å². The third-order valence-corrected chi connectivity index (χ3v) is 6.11. The number of thiophene rings is 1. The van der Waals surface area contributed by atoms with Crippen molar-refractivity contribution < 1.29 is 37.7 Å². The van der Waals surface area contributed by atoms with Gasteiger partial charge in [0.05, 0.1) is 12.8 Å². The molecule has 0 amide bonds. The van der Waals surface area contributed by atoms with Gasteiger partial charge in [-0.15, -0.1) is 11.3 Å². The Hall–Kier alpha value is -2.63. The van der Waals surface area contributed by atoms with Gasteiger partial charge >= 0.3 is 11.9 Å². The third kappa shape index (κ3) is 5.18. The molecule has 1 aromatic heterocycles. The van der Waals surface area contributed by atoms with E-state index in [0.29, 0.717) is 0 Å². The summed E-state index contributed by atoms with van der Waals surface area (Å²) in [6, 6.07) is 6.46. The molecule has 0 bridgehead atoms. The highest BCUT2D eigenvalue weighted by Crippen LogP contribution is 2.26. The zero-order chi connectivity index (χ0) is 20.0. The second-order valence-electron chi connectivity index (χ2n) is 5.20. The van der Waals surface area contributed by atoms with Gasteiger partial charge in [0.25, 0.3) is 10.0 Å². The molecule has 0 aliphatic heterocycles. The minimum atomic E-state index is -3.81. The topological polar surface area (TPSA) is 139 Å². The molecule has 11 heteroatoms. The second-order valence-corrected chi connectivity index (χ2v) is 8.06. The summed E-state index contributed by atoms with van der Waals surface area (Å²) in [5.74, 6) is -2.42. The molecule has 9 nitrogen and oxygen atoms in total. The number of benzene rings is 1. The summed E-state index contributed by atoms with van der Waals surface area (Å²) in [6.45, 7) is -0.414. The van der Waals surface area contributed by atoms with E-state index in [2.05, 4.69) is 9.46 Å². The molecular weight excluding hydrogens is 398 g/mol. The largest absolute Gasteiger partial charge is 0.507 e. The summed E-state index contributed by atoms with van der Waals surface area (Å²) in [5.41, 5.74) is -0.238. The van der Waals surface area contributed by atoms with Crippen LogP contribution in [0.4, 0.5) is 5.69 Å². The second kappa shape index (κ2) is 8.84. The van der Waals surface area contributed by atoms with Crippen LogP contribution in [0.25, 0.3) is 0 Å². The van der Waals surface area contributed by atoms with Crippen LogP contribution < -0.4 is 4.72 Å². The van der Waals surface area contributed by atoms with Crippen LogP contribution >= 0.6 is 11.3 Å². The van der Waals surface area contributed by atoms with Crippen LogP contribution in [-0.4, -0.2) is 50.4 Å². The van der Waals surface area contributed by atoms with Gasteiger partial charge in [0, 0.05) is 19.1 Å². The number of aromatic hydroxyl groups is 1. The minimum absolute atomic E-state index is 0.0392. The molecule has 1 unspecified atom stereocenters. The smallest absolute Gasteiger partial charge is 0.347 e. The van der Waals surface area contributed by atoms with Gasteiger partial charge in [-0.2, -0.15) is 0 Å². The van der Waals surface area contributed by atoms with Crippen molar-refractivity contribution >= 4 is 39.0 Å². The van der Waals surface area contributed by atoms with Crippen LogP contribution in [0, 0.1) is 0 Å². The minimum Gasteiger partial charge on any atom is -0.507 e. The Bertz CT molecular complexity index is 909. The summed E-state index contributed by atoms with van der Waals surface area (Å²) in [6.07, 6.45) is -1.50. The first kappa shape index (κ1) is 20.7. The highest BCUT2D eigenvalue weighted by molar-refractivity contribution is 7.94. The van der Waals surface area contributed by atoms with Crippen LogP contribution in [0.1, 0.15) is 16.8 Å². The van der Waals surface area contributed by atoms with Crippen LogP contribution in [0.5, 0.6) is 5.75 Å². The van der Waals surface area contributed by atoms with E-state index in [1.165, 1.54) is 12.1 Å². The number of aliphatic hydroxyl groups is 1. The van der Waals surface area contributed by atoms with Crippen molar-refractivity contribution in [3.05, 3.63) is 41.3 Å². The van der Waals surface area contributed by atoms with E-state index in [1.807, 2.05) is 0 Å². The Balaban J connectivity index is 2.16. The molecule has 3 N–H and O–H groups in total. The number of hydrogen-bond acceptors (Lipinski definition) is 9. The fraction of sp³-hybridized carbons (Fsp3) is 0.250. The van der Waals surface area contributed by atoms with E-state index < -0.39 is 40.4 Å². The number of hydrogen-bond donors (Lipinski definition) is 3. The highest BCUT2D eigenvalue weighted by atomic mass is 32.2. The number of aliphatic hydroxyl groups excluding tert-OH is 1. The monoisotopic (exact) mass is 415 g/mol. The Morgan fingerprint density at radius 1 is 1.30 bits per heavy atom. The van der Waals surface area contributed by atoms with Crippen molar-refractivity contribution in [3.8, 4) is 5.75 Å². The third-order valence-electron chi connectivity index (χ3n) is 3.33. The molecule has 0 fully saturated rings. The average molecular weight is 415 g/mol. The number of methoxy groups -OCH3 is 1. The zero-order valence-corrected chi connectivity index (χ0v) is 15.7. The SMILES string of the molecule is COC(=O)C(CCO)OC(=O)c1ccc(NS(=O)(=O)c2cccs2)cc1O. The Labute approximate surface area is 159 Å². The maximum Gasteiger partial charge on any atom is 0.347 e. The summed E-state index contributed by atoms with van der Waals surface area (Å²) < 4.78 is 36.1. The number of carbonyl (C=O) groups is 2. The number of sulfonamides is 1. The lowest BCUT2D eigenvalue weighted by atomic mass is 10.2. The summed E-state index contributed by atoms with van der Waals surface area (Å²) in [4.78, 5) is 23.7. The molecule has 2 rings (SSSR count). The van der Waals surface area contributed by atoms with Crippen LogP contribution in [-0.2, 0) is 24.3 Å². The molecule has 2 aromatic rings. The predicted octanol–water partition coefficient (Wildman–Crippen LogP) is 1.34. The van der Waals surface area contributed by atoms with Gasteiger partial charge in [-0.1, -0.05) is 6.07 Å². The summed E-state index contributed by atoms with van der Waals surface area (Å²) in [7, 11) is -2.70. The fourth-order valence-corrected chi connectivity index (χ4v) is 4.10. The lowest BCUT2D eigenvalue weighted by Gasteiger charge is -2.15. The van der Waals surface area contributed by atoms with E-state index in [9.17, 15) is 23.1 Å². The fourth-order valence-electron chi connectivity index (χ4n) is 2.06. The number of nitrogens with one attached hydrogen (secondary N) is 1. The molecule has 1 heterocycles. The number of esters is 2. The van der Waals surface area contributed by atoms with E-state index in [1.54, 1.807) is 11.4 Å². The number of anilines is 1. The molecule has 1 atom stereocenters. The van der Waals surface area contributed by atoms with Crippen LogP contribution in [0.15, 0.2) is 39.9 Å². The maximum absolute atomic E-state index is 12.2. The molecule has 146 valence electrons. The van der Waals surface area contributed by atoms with Gasteiger partial charge < -0.3 is 19.7 Å². The Morgan fingerprint density at radius 2 is 2.04 bits per heavy atom. The van der Waals surface area contributed by atoms with Gasteiger partial charge in [-0.05, 0) is 23.6 Å². The van der Waals surface area contributed by atoms with E-state index >= 15 is 0 Å². The summed E-state index contributed by atoms with van der Waals surface area (Å²) in [5, 5.41) is 20.6. The van der Waals surface area contributed by atoms with E-state index in [4.69, 9.17) is 9.84 Å². The van der Waals surface area contributed by atoms with Crippen molar-refractivity contribution in [2.75, 3.05) is 18.4 Å². The van der Waals surface area contributed by atoms with Gasteiger partial charge in [-0.25, -0.2) is 18.0 Å². The van der Waals surface area contributed by atoms with Crippen LogP contribution in [0.3, 0.4) is 0 Å². The standard InChI is InChI=1S/C16H17NO8S2/c1-24-16(21)13(6-7-18)25-15(20)11-5-4-10(9-12(11)19)17-27(22,23)14-3-2-8-26-14/h2-5,8-9,13,17-19H,6-7H2,1H3. The van der Waals surface area contributed by atoms with Crippen molar-refractivity contribution in [2.24, 2.45) is 0 Å². The first-order valence-corrected chi connectivity index (χ1v) is 9.93. The molecular formula is C16H17NO8S2. The molecule has 0 radical (unpaired) electrons. The van der Waals surface area contributed by atoms with E-state index in [0.717, 1.165) is 30.6 Å². The van der Waals surface area contributed by atoms with Crippen molar-refractivity contribution in [1.29, 1.82) is 0 Å². The molecule has 0 spiro atoms. The van der Waals surface area contributed by atoms with E-state index in [-0.39, 0.29) is 21.9 Å². The van der Waals surface area contributed by atoms with Gasteiger partial charge in [0.2, 0.25) is 6.10 Å².